The Kier molecular flexibility index (Phi) is 8.81. The topological polar surface area (TPSA) is 40.6 Å². The molecule has 0 unspecified atom stereocenters. The van der Waals surface area contributed by atoms with E-state index in [1.165, 1.54) is 22.3 Å². The second kappa shape index (κ2) is 11.8. The molecule has 2 aromatic rings. The van der Waals surface area contributed by atoms with Gasteiger partial charge in [-0.05, 0) is 73.8 Å². The first-order chi connectivity index (χ1) is 16.4. The summed E-state index contributed by atoms with van der Waals surface area (Å²) in [5.41, 5.74) is 6.17. The Morgan fingerprint density at radius 2 is 1.59 bits per heavy atom. The number of alkyl halides is 1. The summed E-state index contributed by atoms with van der Waals surface area (Å²) in [5, 5.41) is 0. The molecule has 0 aliphatic carbocycles. The number of nitrogens with zero attached hydrogens (tertiary/aromatic N) is 2. The van der Waals surface area contributed by atoms with Gasteiger partial charge < -0.3 is 9.80 Å². The summed E-state index contributed by atoms with van der Waals surface area (Å²) in [7, 11) is 0. The van der Waals surface area contributed by atoms with Crippen LogP contribution in [-0.2, 0) is 22.1 Å². The third-order valence-corrected chi connectivity index (χ3v) is 8.50. The minimum absolute atomic E-state index is 0.0892. The van der Waals surface area contributed by atoms with E-state index in [9.17, 15) is 9.59 Å². The molecule has 34 heavy (non-hydrogen) atoms. The summed E-state index contributed by atoms with van der Waals surface area (Å²) < 4.78 is 1.03. The van der Waals surface area contributed by atoms with Crippen LogP contribution < -0.4 is 0 Å². The Morgan fingerprint density at radius 1 is 0.912 bits per heavy atom. The Labute approximate surface area is 218 Å². The summed E-state index contributed by atoms with van der Waals surface area (Å²) >= 11 is 2.39. The van der Waals surface area contributed by atoms with Gasteiger partial charge in [-0.15, -0.1) is 0 Å². The van der Waals surface area contributed by atoms with Gasteiger partial charge in [-0.3, -0.25) is 9.59 Å². The molecule has 2 aliphatic rings. The third-order valence-electron chi connectivity index (χ3n) is 7.61. The number of hydrogen-bond donors (Lipinski definition) is 0. The van der Waals surface area contributed by atoms with Crippen LogP contribution in [0.5, 0.6) is 0 Å². The van der Waals surface area contributed by atoms with E-state index in [1.54, 1.807) is 0 Å². The SMILES string of the molecule is CC(C)N1CCc2ccc(C(=O)CCC(=O)N3CCC(c4ccc(CI)cc4)CC3)cc2CC1. The summed E-state index contributed by atoms with van der Waals surface area (Å²) in [6.07, 6.45) is 4.64. The lowest BCUT2D eigenvalue weighted by atomic mass is 9.89. The van der Waals surface area contributed by atoms with Gasteiger partial charge in [-0.2, -0.15) is 0 Å². The highest BCUT2D eigenvalue weighted by atomic mass is 127. The number of amides is 1. The Balaban J connectivity index is 1.26. The maximum atomic E-state index is 12.9. The molecule has 2 aromatic carbocycles. The second-order valence-corrected chi connectivity index (χ2v) is 10.8. The molecular weight excluding hydrogens is 535 g/mol. The van der Waals surface area contributed by atoms with Crippen LogP contribution >= 0.6 is 22.6 Å². The number of likely N-dealkylation sites (tertiary alicyclic amines) is 1. The molecule has 0 bridgehead atoms. The number of piperidine rings is 1. The number of halogens is 1. The van der Waals surface area contributed by atoms with Gasteiger partial charge in [0.25, 0.3) is 0 Å². The van der Waals surface area contributed by atoms with E-state index in [0.717, 1.165) is 61.9 Å². The lowest BCUT2D eigenvalue weighted by molar-refractivity contribution is -0.132. The fourth-order valence-corrected chi connectivity index (χ4v) is 5.80. The molecule has 0 saturated carbocycles. The molecule has 2 heterocycles. The zero-order valence-corrected chi connectivity index (χ0v) is 22.7. The van der Waals surface area contributed by atoms with Crippen LogP contribution in [-0.4, -0.2) is 53.7 Å². The highest BCUT2D eigenvalue weighted by Gasteiger charge is 2.24. The van der Waals surface area contributed by atoms with Crippen molar-refractivity contribution in [1.29, 1.82) is 0 Å². The van der Waals surface area contributed by atoms with Crippen molar-refractivity contribution >= 4 is 34.3 Å². The molecule has 0 spiro atoms. The molecule has 2 aliphatic heterocycles. The monoisotopic (exact) mass is 572 g/mol. The third kappa shape index (κ3) is 6.28. The average Bonchev–Trinajstić information content (AvgIpc) is 3.09. The second-order valence-electron chi connectivity index (χ2n) is 10.1. The van der Waals surface area contributed by atoms with Crippen molar-refractivity contribution in [2.45, 2.75) is 68.8 Å². The van der Waals surface area contributed by atoms with E-state index < -0.39 is 0 Å². The highest BCUT2D eigenvalue weighted by Crippen LogP contribution is 2.29. The molecule has 0 radical (unpaired) electrons. The van der Waals surface area contributed by atoms with Crippen LogP contribution in [0.2, 0.25) is 0 Å². The van der Waals surface area contributed by atoms with Gasteiger partial charge in [-0.25, -0.2) is 0 Å². The normalized spacial score (nSPS) is 17.5. The van der Waals surface area contributed by atoms with Crippen molar-refractivity contribution in [3.8, 4) is 0 Å². The van der Waals surface area contributed by atoms with Gasteiger partial charge in [0.05, 0.1) is 0 Å². The largest absolute Gasteiger partial charge is 0.343 e. The zero-order valence-electron chi connectivity index (χ0n) is 20.6. The van der Waals surface area contributed by atoms with Gasteiger partial charge in [0.1, 0.15) is 0 Å². The summed E-state index contributed by atoms with van der Waals surface area (Å²) in [4.78, 5) is 30.2. The molecule has 1 saturated heterocycles. The fraction of sp³-hybridized carbons (Fsp3) is 0.517. The predicted molar refractivity (Wildman–Crippen MR) is 147 cm³/mol. The smallest absolute Gasteiger partial charge is 0.223 e. The number of rotatable bonds is 7. The highest BCUT2D eigenvalue weighted by molar-refractivity contribution is 14.1. The number of benzene rings is 2. The van der Waals surface area contributed by atoms with Crippen LogP contribution in [0.4, 0.5) is 0 Å². The Hall–Kier alpha value is -1.73. The van der Waals surface area contributed by atoms with E-state index in [1.807, 2.05) is 11.0 Å². The van der Waals surface area contributed by atoms with Gasteiger partial charge >= 0.3 is 0 Å². The van der Waals surface area contributed by atoms with Gasteiger partial charge in [0.15, 0.2) is 5.78 Å². The number of ketones is 1. The number of hydrogen-bond acceptors (Lipinski definition) is 3. The molecule has 4 rings (SSSR count). The standard InChI is InChI=1S/C29H37IN2O2/c1-21(2)31-15-11-24-7-8-27(19-26(24)14-16-31)28(33)9-10-29(34)32-17-12-25(13-18-32)23-5-3-22(20-30)4-6-23/h3-8,19,21,25H,9-18,20H2,1-2H3. The maximum Gasteiger partial charge on any atom is 0.223 e. The molecule has 182 valence electrons. The number of fused-ring (bicyclic) bond motifs is 1. The van der Waals surface area contributed by atoms with Crippen LogP contribution in [0.3, 0.4) is 0 Å². The van der Waals surface area contributed by atoms with Gasteiger partial charge in [0.2, 0.25) is 5.91 Å². The minimum Gasteiger partial charge on any atom is -0.343 e. The first kappa shape index (κ1) is 25.4. The molecule has 0 N–H and O–H groups in total. The molecule has 5 heteroatoms. The first-order valence-corrected chi connectivity index (χ1v) is 14.3. The molecule has 0 aromatic heterocycles. The molecule has 0 atom stereocenters. The van der Waals surface area contributed by atoms with Crippen molar-refractivity contribution in [3.05, 3.63) is 70.3 Å². The van der Waals surface area contributed by atoms with Crippen molar-refractivity contribution in [1.82, 2.24) is 9.80 Å². The fourth-order valence-electron chi connectivity index (χ4n) is 5.30. The van der Waals surface area contributed by atoms with E-state index in [4.69, 9.17) is 0 Å². The quantitative estimate of drug-likeness (QED) is 0.239. The lowest BCUT2D eigenvalue weighted by Crippen LogP contribution is -2.38. The van der Waals surface area contributed by atoms with Crippen molar-refractivity contribution in [3.63, 3.8) is 0 Å². The van der Waals surface area contributed by atoms with E-state index in [-0.39, 0.29) is 11.7 Å². The van der Waals surface area contributed by atoms with Crippen LogP contribution in [0, 0.1) is 0 Å². The lowest BCUT2D eigenvalue weighted by Gasteiger charge is -2.32. The molecular formula is C29H37IN2O2. The average molecular weight is 573 g/mol. The van der Waals surface area contributed by atoms with E-state index in [0.29, 0.717) is 24.8 Å². The van der Waals surface area contributed by atoms with Crippen LogP contribution in [0.1, 0.15) is 78.1 Å². The van der Waals surface area contributed by atoms with E-state index >= 15 is 0 Å². The number of Topliss-reactive ketones (excluding diaryl/α,β-unsaturated/α-hetero) is 1. The first-order valence-electron chi connectivity index (χ1n) is 12.8. The van der Waals surface area contributed by atoms with Crippen molar-refractivity contribution in [2.75, 3.05) is 26.2 Å². The van der Waals surface area contributed by atoms with E-state index in [2.05, 4.69) is 77.7 Å². The van der Waals surface area contributed by atoms with Crippen LogP contribution in [0.25, 0.3) is 0 Å². The zero-order chi connectivity index (χ0) is 24.1. The number of carbonyl (C=O) groups excluding carboxylic acids is 2. The maximum absolute atomic E-state index is 12.9. The predicted octanol–water partition coefficient (Wildman–Crippen LogP) is 5.80. The van der Waals surface area contributed by atoms with Crippen LogP contribution in [0.15, 0.2) is 42.5 Å². The molecule has 4 nitrogen and oxygen atoms in total. The number of carbonyl (C=O) groups is 2. The molecule has 1 amide bonds. The van der Waals surface area contributed by atoms with Gasteiger partial charge in [0, 0.05) is 55.1 Å². The molecule has 1 fully saturated rings. The van der Waals surface area contributed by atoms with Crippen molar-refractivity contribution in [2.24, 2.45) is 0 Å². The Bertz CT molecular complexity index is 994. The summed E-state index contributed by atoms with van der Waals surface area (Å²) in [6.45, 7) is 8.18. The summed E-state index contributed by atoms with van der Waals surface area (Å²) in [6, 6.07) is 15.7. The Morgan fingerprint density at radius 3 is 2.24 bits per heavy atom. The van der Waals surface area contributed by atoms with Gasteiger partial charge in [-0.1, -0.05) is 59.0 Å². The summed E-state index contributed by atoms with van der Waals surface area (Å²) in [5.74, 6) is 0.737. The van der Waals surface area contributed by atoms with Crippen molar-refractivity contribution < 1.29 is 9.59 Å². The minimum atomic E-state index is 0.0892.